The van der Waals surface area contributed by atoms with Crippen LogP contribution in [-0.2, 0) is 9.59 Å². The quantitative estimate of drug-likeness (QED) is 0.654. The van der Waals surface area contributed by atoms with Gasteiger partial charge < -0.3 is 16.4 Å². The molecule has 0 aromatic heterocycles. The molecule has 0 aromatic carbocycles. The van der Waals surface area contributed by atoms with Crippen molar-refractivity contribution < 1.29 is 9.59 Å². The Bertz CT molecular complexity index is 365. The van der Waals surface area contributed by atoms with Gasteiger partial charge in [-0.1, -0.05) is 12.2 Å². The molecule has 1 heterocycles. The highest BCUT2D eigenvalue weighted by atomic mass is 32.1. The van der Waals surface area contributed by atoms with E-state index in [-0.39, 0.29) is 10.9 Å². The Balaban J connectivity index is 2.16. The van der Waals surface area contributed by atoms with Crippen molar-refractivity contribution in [2.75, 3.05) is 6.54 Å². The molecule has 16 heavy (non-hydrogen) atoms. The molecule has 4 N–H and O–H groups in total. The largest absolute Gasteiger partial charge is 0.392 e. The summed E-state index contributed by atoms with van der Waals surface area (Å²) >= 11 is 4.92. The van der Waals surface area contributed by atoms with Crippen LogP contribution in [0.4, 0.5) is 0 Å². The van der Waals surface area contributed by atoms with Crippen molar-refractivity contribution in [3.8, 4) is 0 Å². The number of amides is 2. The number of hydrogen-bond donors (Lipinski definition) is 2. The third-order valence-corrected chi connectivity index (χ3v) is 3.86. The molecule has 0 bridgehead atoms. The minimum Gasteiger partial charge on any atom is -0.392 e. The van der Waals surface area contributed by atoms with Gasteiger partial charge in [0.05, 0.1) is 10.4 Å². The van der Waals surface area contributed by atoms with Crippen LogP contribution in [0.2, 0.25) is 0 Å². The Morgan fingerprint density at radius 1 is 1.31 bits per heavy atom. The monoisotopic (exact) mass is 241 g/mol. The van der Waals surface area contributed by atoms with E-state index in [9.17, 15) is 9.59 Å². The molecule has 1 aliphatic carbocycles. The standard InChI is InChI=1S/C10H15N3O2S/c11-7(14)6-2-1-5-13(6)9(15)10(3-4-10)8(12)16/h6H,1-5H2,(H2,11,14)(H2,12,16). The smallest absolute Gasteiger partial charge is 0.240 e. The van der Waals surface area contributed by atoms with Crippen LogP contribution in [0.3, 0.4) is 0 Å². The predicted molar refractivity (Wildman–Crippen MR) is 62.4 cm³/mol. The number of primary amides is 1. The Morgan fingerprint density at radius 3 is 2.38 bits per heavy atom. The lowest BCUT2D eigenvalue weighted by atomic mass is 10.0. The third-order valence-electron chi connectivity index (χ3n) is 3.47. The van der Waals surface area contributed by atoms with E-state index in [1.54, 1.807) is 4.90 Å². The predicted octanol–water partition coefficient (Wildman–Crippen LogP) is -0.471. The maximum absolute atomic E-state index is 12.2. The van der Waals surface area contributed by atoms with E-state index >= 15 is 0 Å². The number of carbonyl (C=O) groups is 2. The molecule has 1 unspecified atom stereocenters. The van der Waals surface area contributed by atoms with Crippen molar-refractivity contribution in [1.29, 1.82) is 0 Å². The Labute approximate surface area is 99.1 Å². The zero-order valence-electron chi connectivity index (χ0n) is 8.94. The summed E-state index contributed by atoms with van der Waals surface area (Å²) in [7, 11) is 0. The fraction of sp³-hybridized carbons (Fsp3) is 0.700. The molecule has 2 fully saturated rings. The molecule has 0 radical (unpaired) electrons. The number of hydrogen-bond acceptors (Lipinski definition) is 3. The van der Waals surface area contributed by atoms with Gasteiger partial charge in [-0.25, -0.2) is 0 Å². The van der Waals surface area contributed by atoms with Crippen molar-refractivity contribution in [3.63, 3.8) is 0 Å². The van der Waals surface area contributed by atoms with Crippen LogP contribution in [0.5, 0.6) is 0 Å². The third kappa shape index (κ3) is 1.57. The van der Waals surface area contributed by atoms with E-state index in [2.05, 4.69) is 0 Å². The second-order valence-electron chi connectivity index (χ2n) is 4.51. The molecule has 1 saturated carbocycles. The number of likely N-dealkylation sites (tertiary alicyclic amines) is 1. The van der Waals surface area contributed by atoms with Crippen LogP contribution in [0.25, 0.3) is 0 Å². The minimum absolute atomic E-state index is 0.110. The van der Waals surface area contributed by atoms with Crippen LogP contribution >= 0.6 is 12.2 Å². The molecule has 0 spiro atoms. The first kappa shape index (κ1) is 11.3. The Morgan fingerprint density at radius 2 is 1.94 bits per heavy atom. The maximum atomic E-state index is 12.2. The Hall–Kier alpha value is -1.17. The fourth-order valence-electron chi connectivity index (χ4n) is 2.27. The molecular weight excluding hydrogens is 226 g/mol. The lowest BCUT2D eigenvalue weighted by Gasteiger charge is -2.26. The summed E-state index contributed by atoms with van der Waals surface area (Å²) < 4.78 is 0. The molecule has 2 amide bonds. The first-order chi connectivity index (χ1) is 7.49. The second kappa shape index (κ2) is 3.69. The molecule has 2 rings (SSSR count). The lowest BCUT2D eigenvalue weighted by Crippen LogP contribution is -2.49. The summed E-state index contributed by atoms with van der Waals surface area (Å²) in [4.78, 5) is 25.2. The zero-order valence-corrected chi connectivity index (χ0v) is 9.76. The van der Waals surface area contributed by atoms with Gasteiger partial charge in [0.25, 0.3) is 0 Å². The topological polar surface area (TPSA) is 89.4 Å². The molecule has 88 valence electrons. The average molecular weight is 241 g/mol. The SMILES string of the molecule is NC(=O)C1CCCN1C(=O)C1(C(N)=S)CC1. The second-order valence-corrected chi connectivity index (χ2v) is 4.95. The fourth-order valence-corrected chi connectivity index (χ4v) is 2.56. The zero-order chi connectivity index (χ0) is 11.9. The molecule has 6 heteroatoms. The number of nitrogens with two attached hydrogens (primary N) is 2. The van der Waals surface area contributed by atoms with Gasteiger partial charge in [0.15, 0.2) is 0 Å². The van der Waals surface area contributed by atoms with Crippen LogP contribution in [-0.4, -0.2) is 34.3 Å². The van der Waals surface area contributed by atoms with Gasteiger partial charge >= 0.3 is 0 Å². The van der Waals surface area contributed by atoms with Crippen LogP contribution in [0.1, 0.15) is 25.7 Å². The van der Waals surface area contributed by atoms with Gasteiger partial charge in [-0.15, -0.1) is 0 Å². The minimum atomic E-state index is -0.673. The average Bonchev–Trinajstić information content (AvgIpc) is 2.88. The summed E-state index contributed by atoms with van der Waals surface area (Å²) in [6, 6.07) is -0.473. The summed E-state index contributed by atoms with van der Waals surface area (Å²) in [6.07, 6.45) is 2.85. The van der Waals surface area contributed by atoms with Crippen molar-refractivity contribution >= 4 is 29.0 Å². The van der Waals surface area contributed by atoms with E-state index in [0.717, 1.165) is 6.42 Å². The number of carbonyl (C=O) groups excluding carboxylic acids is 2. The van der Waals surface area contributed by atoms with E-state index in [4.69, 9.17) is 23.7 Å². The van der Waals surface area contributed by atoms with E-state index < -0.39 is 17.4 Å². The molecule has 1 atom stereocenters. The van der Waals surface area contributed by atoms with Crippen LogP contribution < -0.4 is 11.5 Å². The highest BCUT2D eigenvalue weighted by Gasteiger charge is 2.56. The Kier molecular flexibility index (Phi) is 2.61. The van der Waals surface area contributed by atoms with Crippen molar-refractivity contribution in [2.24, 2.45) is 16.9 Å². The summed E-state index contributed by atoms with van der Waals surface area (Å²) in [5.41, 5.74) is 10.2. The van der Waals surface area contributed by atoms with Gasteiger partial charge in [-0.3, -0.25) is 9.59 Å². The number of thiocarbonyl (C=S) groups is 1. The summed E-state index contributed by atoms with van der Waals surface area (Å²) in [5, 5.41) is 0. The summed E-state index contributed by atoms with van der Waals surface area (Å²) in [6.45, 7) is 0.580. The maximum Gasteiger partial charge on any atom is 0.240 e. The molecule has 2 aliphatic rings. The molecular formula is C10H15N3O2S. The number of rotatable bonds is 3. The van der Waals surface area contributed by atoms with Crippen molar-refractivity contribution in [1.82, 2.24) is 4.90 Å². The normalized spacial score (nSPS) is 26.5. The van der Waals surface area contributed by atoms with Gasteiger partial charge in [-0.05, 0) is 25.7 Å². The number of nitrogens with zero attached hydrogens (tertiary/aromatic N) is 1. The lowest BCUT2D eigenvalue weighted by molar-refractivity contribution is -0.139. The summed E-state index contributed by atoms with van der Waals surface area (Å²) in [5.74, 6) is -0.550. The van der Waals surface area contributed by atoms with Gasteiger partial charge in [0, 0.05) is 6.54 Å². The molecule has 1 aliphatic heterocycles. The van der Waals surface area contributed by atoms with Crippen LogP contribution in [0.15, 0.2) is 0 Å². The highest BCUT2D eigenvalue weighted by Crippen LogP contribution is 2.48. The van der Waals surface area contributed by atoms with E-state index in [1.807, 2.05) is 0 Å². The first-order valence-electron chi connectivity index (χ1n) is 5.39. The van der Waals surface area contributed by atoms with Crippen molar-refractivity contribution in [3.05, 3.63) is 0 Å². The highest BCUT2D eigenvalue weighted by molar-refractivity contribution is 7.80. The van der Waals surface area contributed by atoms with E-state index in [1.165, 1.54) is 0 Å². The first-order valence-corrected chi connectivity index (χ1v) is 5.80. The van der Waals surface area contributed by atoms with Crippen LogP contribution in [0, 0.1) is 5.41 Å². The molecule has 1 saturated heterocycles. The van der Waals surface area contributed by atoms with E-state index in [0.29, 0.717) is 25.8 Å². The van der Waals surface area contributed by atoms with Gasteiger partial charge in [0.2, 0.25) is 11.8 Å². The van der Waals surface area contributed by atoms with Gasteiger partial charge in [0.1, 0.15) is 6.04 Å². The van der Waals surface area contributed by atoms with Crippen molar-refractivity contribution in [2.45, 2.75) is 31.7 Å². The molecule has 0 aromatic rings. The van der Waals surface area contributed by atoms with Gasteiger partial charge in [-0.2, -0.15) is 0 Å². The molecule has 5 nitrogen and oxygen atoms in total.